The fourth-order valence-electron chi connectivity index (χ4n) is 2.71. The molecule has 0 aromatic carbocycles. The molecule has 1 aromatic rings. The molecule has 98 valence electrons. The van der Waals surface area contributed by atoms with Gasteiger partial charge in [0, 0.05) is 19.1 Å². The summed E-state index contributed by atoms with van der Waals surface area (Å²) in [6.07, 6.45) is 4.10. The average molecular weight is 250 g/mol. The standard InChI is InChI=1S/C13H18N2O3/c16-13(12-4-2-6-17-12)14-7-11-8-15-5-1-3-10(15)9-18-11/h2,4,6,10-11H,1,3,5,7-9H2,(H,14,16). The molecule has 0 aliphatic carbocycles. The molecule has 1 N–H and O–H groups in total. The molecule has 0 bridgehead atoms. The molecule has 3 heterocycles. The van der Waals surface area contributed by atoms with Crippen molar-refractivity contribution in [1.82, 2.24) is 10.2 Å². The second-order valence-electron chi connectivity index (χ2n) is 4.93. The number of hydrogen-bond acceptors (Lipinski definition) is 4. The van der Waals surface area contributed by atoms with Crippen LogP contribution in [0, 0.1) is 0 Å². The van der Waals surface area contributed by atoms with Gasteiger partial charge in [-0.2, -0.15) is 0 Å². The SMILES string of the molecule is O=C(NCC1CN2CCCC2CO1)c1ccco1. The van der Waals surface area contributed by atoms with Crippen LogP contribution in [0.15, 0.2) is 22.8 Å². The van der Waals surface area contributed by atoms with Crippen LogP contribution in [0.5, 0.6) is 0 Å². The molecule has 0 radical (unpaired) electrons. The first kappa shape index (κ1) is 11.7. The predicted molar refractivity (Wildman–Crippen MR) is 65.4 cm³/mol. The molecule has 2 aliphatic rings. The molecule has 2 saturated heterocycles. The number of nitrogens with one attached hydrogen (secondary N) is 1. The topological polar surface area (TPSA) is 54.7 Å². The molecule has 5 nitrogen and oxygen atoms in total. The molecule has 0 spiro atoms. The van der Waals surface area contributed by atoms with Crippen molar-refractivity contribution < 1.29 is 13.9 Å². The van der Waals surface area contributed by atoms with Crippen molar-refractivity contribution in [3.05, 3.63) is 24.2 Å². The van der Waals surface area contributed by atoms with E-state index in [1.54, 1.807) is 12.1 Å². The van der Waals surface area contributed by atoms with Gasteiger partial charge in [-0.05, 0) is 31.5 Å². The van der Waals surface area contributed by atoms with Gasteiger partial charge < -0.3 is 14.5 Å². The highest BCUT2D eigenvalue weighted by molar-refractivity contribution is 5.91. The highest BCUT2D eigenvalue weighted by atomic mass is 16.5. The molecule has 2 unspecified atom stereocenters. The largest absolute Gasteiger partial charge is 0.459 e. The van der Waals surface area contributed by atoms with Crippen molar-refractivity contribution in [3.8, 4) is 0 Å². The molecule has 2 atom stereocenters. The van der Waals surface area contributed by atoms with E-state index in [9.17, 15) is 4.79 Å². The first-order valence-corrected chi connectivity index (χ1v) is 6.50. The van der Waals surface area contributed by atoms with E-state index < -0.39 is 0 Å². The van der Waals surface area contributed by atoms with Gasteiger partial charge in [-0.1, -0.05) is 0 Å². The first-order valence-electron chi connectivity index (χ1n) is 6.50. The Kier molecular flexibility index (Phi) is 3.34. The number of hydrogen-bond donors (Lipinski definition) is 1. The number of rotatable bonds is 3. The minimum Gasteiger partial charge on any atom is -0.459 e. The van der Waals surface area contributed by atoms with Gasteiger partial charge in [-0.15, -0.1) is 0 Å². The molecule has 0 saturated carbocycles. The second kappa shape index (κ2) is 5.12. The lowest BCUT2D eigenvalue weighted by Gasteiger charge is -2.35. The average Bonchev–Trinajstić information content (AvgIpc) is 3.05. The summed E-state index contributed by atoms with van der Waals surface area (Å²) in [7, 11) is 0. The molecule has 18 heavy (non-hydrogen) atoms. The monoisotopic (exact) mass is 250 g/mol. The molecule has 3 rings (SSSR count). The molecule has 5 heteroatoms. The highest BCUT2D eigenvalue weighted by Gasteiger charge is 2.32. The Morgan fingerprint density at radius 3 is 3.33 bits per heavy atom. The summed E-state index contributed by atoms with van der Waals surface area (Å²) in [5.41, 5.74) is 0. The van der Waals surface area contributed by atoms with Crippen LogP contribution in [0.25, 0.3) is 0 Å². The van der Waals surface area contributed by atoms with Crippen LogP contribution in [0.4, 0.5) is 0 Å². The van der Waals surface area contributed by atoms with Crippen LogP contribution in [-0.2, 0) is 4.74 Å². The number of carbonyl (C=O) groups is 1. The van der Waals surface area contributed by atoms with Gasteiger partial charge in [0.2, 0.25) is 0 Å². The van der Waals surface area contributed by atoms with Crippen LogP contribution >= 0.6 is 0 Å². The predicted octanol–water partition coefficient (Wildman–Crippen LogP) is 0.873. The fourth-order valence-corrected chi connectivity index (χ4v) is 2.71. The Balaban J connectivity index is 1.47. The molecule has 2 aliphatic heterocycles. The molecular formula is C13H18N2O3. The van der Waals surface area contributed by atoms with E-state index in [-0.39, 0.29) is 12.0 Å². The number of furan rings is 1. The lowest BCUT2D eigenvalue weighted by molar-refractivity contribution is -0.0462. The summed E-state index contributed by atoms with van der Waals surface area (Å²) in [4.78, 5) is 14.2. The van der Waals surface area contributed by atoms with Crippen molar-refractivity contribution >= 4 is 5.91 Å². The Morgan fingerprint density at radius 1 is 1.56 bits per heavy atom. The molecule has 1 aromatic heterocycles. The highest BCUT2D eigenvalue weighted by Crippen LogP contribution is 2.22. The maximum Gasteiger partial charge on any atom is 0.287 e. The second-order valence-corrected chi connectivity index (χ2v) is 4.93. The van der Waals surface area contributed by atoms with Gasteiger partial charge in [0.1, 0.15) is 0 Å². The maximum atomic E-state index is 11.7. The Hall–Kier alpha value is -1.33. The Bertz CT molecular complexity index is 404. The zero-order valence-electron chi connectivity index (χ0n) is 10.3. The van der Waals surface area contributed by atoms with Crippen LogP contribution < -0.4 is 5.32 Å². The molecular weight excluding hydrogens is 232 g/mol. The van der Waals surface area contributed by atoms with Gasteiger partial charge in [0.15, 0.2) is 5.76 Å². The maximum absolute atomic E-state index is 11.7. The summed E-state index contributed by atoms with van der Waals surface area (Å²) in [6.45, 7) is 3.42. The first-order chi connectivity index (χ1) is 8.83. The summed E-state index contributed by atoms with van der Waals surface area (Å²) in [6, 6.07) is 3.97. The van der Waals surface area contributed by atoms with Gasteiger partial charge in [-0.25, -0.2) is 0 Å². The number of amides is 1. The summed E-state index contributed by atoms with van der Waals surface area (Å²) < 4.78 is 10.8. The Morgan fingerprint density at radius 2 is 2.50 bits per heavy atom. The van der Waals surface area contributed by atoms with Gasteiger partial charge >= 0.3 is 0 Å². The summed E-state index contributed by atoms with van der Waals surface area (Å²) >= 11 is 0. The Labute approximate surface area is 106 Å². The molecule has 2 fully saturated rings. The third kappa shape index (κ3) is 2.42. The van der Waals surface area contributed by atoms with E-state index in [1.807, 2.05) is 0 Å². The van der Waals surface area contributed by atoms with Crippen molar-refractivity contribution in [2.24, 2.45) is 0 Å². The lowest BCUT2D eigenvalue weighted by atomic mass is 10.2. The number of nitrogens with zero attached hydrogens (tertiary/aromatic N) is 1. The normalized spacial score (nSPS) is 28.0. The van der Waals surface area contributed by atoms with Crippen LogP contribution in [-0.4, -0.2) is 49.2 Å². The van der Waals surface area contributed by atoms with Crippen LogP contribution in [0.3, 0.4) is 0 Å². The van der Waals surface area contributed by atoms with E-state index in [0.29, 0.717) is 18.3 Å². The van der Waals surface area contributed by atoms with Gasteiger partial charge in [0.25, 0.3) is 5.91 Å². The van der Waals surface area contributed by atoms with Crippen molar-refractivity contribution in [2.75, 3.05) is 26.2 Å². The number of carbonyl (C=O) groups excluding carboxylic acids is 1. The smallest absolute Gasteiger partial charge is 0.287 e. The van der Waals surface area contributed by atoms with E-state index in [0.717, 1.165) is 19.7 Å². The van der Waals surface area contributed by atoms with Gasteiger partial charge in [0.05, 0.1) is 19.0 Å². The van der Waals surface area contributed by atoms with Crippen LogP contribution in [0.2, 0.25) is 0 Å². The van der Waals surface area contributed by atoms with Crippen molar-refractivity contribution in [3.63, 3.8) is 0 Å². The minimum atomic E-state index is -0.174. The van der Waals surface area contributed by atoms with Crippen molar-refractivity contribution in [2.45, 2.75) is 25.0 Å². The third-order valence-electron chi connectivity index (χ3n) is 3.70. The minimum absolute atomic E-state index is 0.0956. The van der Waals surface area contributed by atoms with Gasteiger partial charge in [-0.3, -0.25) is 9.69 Å². The third-order valence-corrected chi connectivity index (χ3v) is 3.70. The fraction of sp³-hybridized carbons (Fsp3) is 0.615. The van der Waals surface area contributed by atoms with E-state index in [4.69, 9.17) is 9.15 Å². The van der Waals surface area contributed by atoms with Crippen LogP contribution in [0.1, 0.15) is 23.4 Å². The summed E-state index contributed by atoms with van der Waals surface area (Å²) in [5, 5.41) is 2.85. The quantitative estimate of drug-likeness (QED) is 0.865. The molecule has 1 amide bonds. The number of fused-ring (bicyclic) bond motifs is 1. The summed E-state index contributed by atoms with van der Waals surface area (Å²) in [5.74, 6) is 0.178. The lowest BCUT2D eigenvalue weighted by Crippen LogP contribution is -2.50. The zero-order chi connectivity index (χ0) is 12.4. The van der Waals surface area contributed by atoms with E-state index >= 15 is 0 Å². The van der Waals surface area contributed by atoms with E-state index in [2.05, 4.69) is 10.2 Å². The van der Waals surface area contributed by atoms with E-state index in [1.165, 1.54) is 19.1 Å². The van der Waals surface area contributed by atoms with Crippen molar-refractivity contribution in [1.29, 1.82) is 0 Å². The zero-order valence-corrected chi connectivity index (χ0v) is 10.3. The number of morpholine rings is 1. The number of ether oxygens (including phenoxy) is 1.